The molecule has 0 bridgehead atoms. The van der Waals surface area contributed by atoms with Crippen LogP contribution in [0.15, 0.2) is 48.5 Å². The second kappa shape index (κ2) is 6.44. The smallest absolute Gasteiger partial charge is 0.0234 e. The molecule has 1 nitrogen and oxygen atoms in total. The highest BCUT2D eigenvalue weighted by atomic mass is 15.1. The van der Waals surface area contributed by atoms with Gasteiger partial charge in [0.05, 0.1) is 0 Å². The van der Waals surface area contributed by atoms with Crippen molar-refractivity contribution in [3.8, 4) is 11.1 Å². The lowest BCUT2D eigenvalue weighted by molar-refractivity contribution is 0.331. The Bertz CT molecular complexity index is 580. The standard InChI is InChI=1S/C20H25N/c1-16(2)19-12-17(15-21-10-6-7-11-21)13-20(14-19)18-8-4-3-5-9-18/h3-5,8-9,12-14,16H,6-7,10-11,15H2,1-2H3. The summed E-state index contributed by atoms with van der Waals surface area (Å²) in [5.74, 6) is 0.575. The zero-order chi connectivity index (χ0) is 14.7. The maximum atomic E-state index is 2.58. The Morgan fingerprint density at radius 1 is 0.905 bits per heavy atom. The largest absolute Gasteiger partial charge is 0.299 e. The molecule has 0 atom stereocenters. The lowest BCUT2D eigenvalue weighted by atomic mass is 9.94. The van der Waals surface area contributed by atoms with Gasteiger partial charge in [0.2, 0.25) is 0 Å². The minimum Gasteiger partial charge on any atom is -0.299 e. The first-order valence-electron chi connectivity index (χ1n) is 8.14. The Labute approximate surface area is 128 Å². The van der Waals surface area contributed by atoms with Crippen LogP contribution in [-0.4, -0.2) is 18.0 Å². The maximum Gasteiger partial charge on any atom is 0.0234 e. The fourth-order valence-corrected chi connectivity index (χ4v) is 3.14. The summed E-state index contributed by atoms with van der Waals surface area (Å²) in [7, 11) is 0. The lowest BCUT2D eigenvalue weighted by Gasteiger charge is -2.18. The molecular formula is C20H25N. The summed E-state index contributed by atoms with van der Waals surface area (Å²) in [4.78, 5) is 2.58. The van der Waals surface area contributed by atoms with E-state index in [0.29, 0.717) is 5.92 Å². The third-order valence-electron chi connectivity index (χ3n) is 4.39. The molecule has 0 saturated carbocycles. The van der Waals surface area contributed by atoms with Crippen LogP contribution in [0.2, 0.25) is 0 Å². The van der Waals surface area contributed by atoms with Gasteiger partial charge in [0.1, 0.15) is 0 Å². The Balaban J connectivity index is 1.93. The first-order valence-corrected chi connectivity index (χ1v) is 8.14. The molecule has 0 aromatic heterocycles. The van der Waals surface area contributed by atoms with Gasteiger partial charge in [-0.1, -0.05) is 56.3 Å². The molecule has 3 rings (SSSR count). The van der Waals surface area contributed by atoms with Gasteiger partial charge in [-0.05, 0) is 60.2 Å². The first kappa shape index (κ1) is 14.3. The van der Waals surface area contributed by atoms with E-state index in [1.165, 1.54) is 48.2 Å². The number of hydrogen-bond acceptors (Lipinski definition) is 1. The molecule has 2 aromatic carbocycles. The van der Waals surface area contributed by atoms with Crippen LogP contribution in [-0.2, 0) is 6.54 Å². The van der Waals surface area contributed by atoms with E-state index in [1.54, 1.807) is 0 Å². The monoisotopic (exact) mass is 279 g/mol. The van der Waals surface area contributed by atoms with Crippen molar-refractivity contribution < 1.29 is 0 Å². The molecule has 1 fully saturated rings. The van der Waals surface area contributed by atoms with Crippen LogP contribution in [0.1, 0.15) is 43.7 Å². The Hall–Kier alpha value is -1.60. The van der Waals surface area contributed by atoms with Crippen molar-refractivity contribution in [1.82, 2.24) is 4.90 Å². The van der Waals surface area contributed by atoms with Gasteiger partial charge in [-0.3, -0.25) is 4.90 Å². The van der Waals surface area contributed by atoms with E-state index in [2.05, 4.69) is 67.3 Å². The molecule has 0 N–H and O–H groups in total. The van der Waals surface area contributed by atoms with Crippen molar-refractivity contribution in [2.45, 2.75) is 39.2 Å². The molecule has 110 valence electrons. The SMILES string of the molecule is CC(C)c1cc(CN2CCCC2)cc(-c2ccccc2)c1. The van der Waals surface area contributed by atoms with Gasteiger partial charge in [0.25, 0.3) is 0 Å². The zero-order valence-corrected chi connectivity index (χ0v) is 13.2. The third-order valence-corrected chi connectivity index (χ3v) is 4.39. The summed E-state index contributed by atoms with van der Waals surface area (Å²) in [5.41, 5.74) is 5.59. The molecule has 0 radical (unpaired) electrons. The molecule has 1 aliphatic rings. The normalized spacial score (nSPS) is 15.8. The van der Waals surface area contributed by atoms with Crippen LogP contribution < -0.4 is 0 Å². The number of hydrogen-bond donors (Lipinski definition) is 0. The molecular weight excluding hydrogens is 254 g/mol. The first-order chi connectivity index (χ1) is 10.2. The highest BCUT2D eigenvalue weighted by molar-refractivity contribution is 5.65. The van der Waals surface area contributed by atoms with Crippen LogP contribution in [0.5, 0.6) is 0 Å². The van der Waals surface area contributed by atoms with Crippen LogP contribution in [0.25, 0.3) is 11.1 Å². The molecule has 1 saturated heterocycles. The van der Waals surface area contributed by atoms with Crippen LogP contribution in [0.3, 0.4) is 0 Å². The van der Waals surface area contributed by atoms with Gasteiger partial charge in [-0.2, -0.15) is 0 Å². The minimum absolute atomic E-state index is 0.575. The van der Waals surface area contributed by atoms with E-state index >= 15 is 0 Å². The minimum atomic E-state index is 0.575. The maximum absolute atomic E-state index is 2.58. The summed E-state index contributed by atoms with van der Waals surface area (Å²) in [5, 5.41) is 0. The lowest BCUT2D eigenvalue weighted by Crippen LogP contribution is -2.18. The topological polar surface area (TPSA) is 3.24 Å². The van der Waals surface area contributed by atoms with Crippen LogP contribution in [0, 0.1) is 0 Å². The van der Waals surface area contributed by atoms with E-state index in [0.717, 1.165) is 6.54 Å². The van der Waals surface area contributed by atoms with Crippen LogP contribution in [0.4, 0.5) is 0 Å². The molecule has 1 heterocycles. The van der Waals surface area contributed by atoms with Gasteiger partial charge in [0.15, 0.2) is 0 Å². The molecule has 2 aromatic rings. The van der Waals surface area contributed by atoms with E-state index in [4.69, 9.17) is 0 Å². The number of nitrogens with zero attached hydrogens (tertiary/aromatic N) is 1. The molecule has 1 heteroatoms. The predicted molar refractivity (Wildman–Crippen MR) is 90.5 cm³/mol. The average Bonchev–Trinajstić information content (AvgIpc) is 3.01. The van der Waals surface area contributed by atoms with Gasteiger partial charge in [-0.15, -0.1) is 0 Å². The summed E-state index contributed by atoms with van der Waals surface area (Å²) >= 11 is 0. The number of likely N-dealkylation sites (tertiary alicyclic amines) is 1. The second-order valence-corrected chi connectivity index (χ2v) is 6.47. The second-order valence-electron chi connectivity index (χ2n) is 6.47. The summed E-state index contributed by atoms with van der Waals surface area (Å²) in [6.45, 7) is 8.17. The van der Waals surface area contributed by atoms with Gasteiger partial charge in [-0.25, -0.2) is 0 Å². The van der Waals surface area contributed by atoms with Gasteiger partial charge < -0.3 is 0 Å². The van der Waals surface area contributed by atoms with E-state index in [-0.39, 0.29) is 0 Å². The highest BCUT2D eigenvalue weighted by Gasteiger charge is 2.13. The molecule has 0 spiro atoms. The Morgan fingerprint density at radius 2 is 1.62 bits per heavy atom. The summed E-state index contributed by atoms with van der Waals surface area (Å²) in [6.07, 6.45) is 2.71. The Morgan fingerprint density at radius 3 is 2.29 bits per heavy atom. The molecule has 0 unspecified atom stereocenters. The van der Waals surface area contributed by atoms with Gasteiger partial charge in [0, 0.05) is 6.54 Å². The quantitative estimate of drug-likeness (QED) is 0.755. The predicted octanol–water partition coefficient (Wildman–Crippen LogP) is 5.07. The van der Waals surface area contributed by atoms with Crippen molar-refractivity contribution in [1.29, 1.82) is 0 Å². The van der Waals surface area contributed by atoms with E-state index in [9.17, 15) is 0 Å². The third kappa shape index (κ3) is 3.54. The van der Waals surface area contributed by atoms with Crippen molar-refractivity contribution in [3.05, 3.63) is 59.7 Å². The van der Waals surface area contributed by atoms with E-state index in [1.807, 2.05) is 0 Å². The number of benzene rings is 2. The van der Waals surface area contributed by atoms with Crippen molar-refractivity contribution in [2.75, 3.05) is 13.1 Å². The Kier molecular flexibility index (Phi) is 4.40. The van der Waals surface area contributed by atoms with Crippen molar-refractivity contribution in [3.63, 3.8) is 0 Å². The highest BCUT2D eigenvalue weighted by Crippen LogP contribution is 2.27. The molecule has 0 aliphatic carbocycles. The van der Waals surface area contributed by atoms with Crippen molar-refractivity contribution >= 4 is 0 Å². The number of rotatable bonds is 4. The zero-order valence-electron chi connectivity index (χ0n) is 13.2. The molecule has 21 heavy (non-hydrogen) atoms. The van der Waals surface area contributed by atoms with Gasteiger partial charge >= 0.3 is 0 Å². The summed E-state index contributed by atoms with van der Waals surface area (Å²) in [6, 6.07) is 17.9. The molecule has 1 aliphatic heterocycles. The molecule has 0 amide bonds. The summed E-state index contributed by atoms with van der Waals surface area (Å²) < 4.78 is 0. The fraction of sp³-hybridized carbons (Fsp3) is 0.400. The van der Waals surface area contributed by atoms with Crippen LogP contribution >= 0.6 is 0 Å². The van der Waals surface area contributed by atoms with E-state index < -0.39 is 0 Å². The average molecular weight is 279 g/mol. The van der Waals surface area contributed by atoms with Crippen molar-refractivity contribution in [2.24, 2.45) is 0 Å². The fourth-order valence-electron chi connectivity index (χ4n) is 3.14.